The van der Waals surface area contributed by atoms with Gasteiger partial charge in [0, 0.05) is 10.9 Å². The van der Waals surface area contributed by atoms with Gasteiger partial charge in [0.15, 0.2) is 5.72 Å². The van der Waals surface area contributed by atoms with Crippen molar-refractivity contribution >= 4 is 46.5 Å². The summed E-state index contributed by atoms with van der Waals surface area (Å²) < 4.78 is 10.3. The molecule has 0 spiro atoms. The van der Waals surface area contributed by atoms with Crippen molar-refractivity contribution in [3.8, 4) is 11.3 Å². The van der Waals surface area contributed by atoms with Crippen LogP contribution in [0.2, 0.25) is 10.0 Å². The van der Waals surface area contributed by atoms with Crippen LogP contribution >= 0.6 is 34.5 Å². The molecule has 1 aromatic carbocycles. The molecular weight excluding hydrogens is 463 g/mol. The highest BCUT2D eigenvalue weighted by Gasteiger charge is 2.45. The first-order valence-electron chi connectivity index (χ1n) is 9.27. The second-order valence-electron chi connectivity index (χ2n) is 7.72. The van der Waals surface area contributed by atoms with Crippen LogP contribution in [0.1, 0.15) is 32.2 Å². The summed E-state index contributed by atoms with van der Waals surface area (Å²) in [5.74, 6) is -3.07. The van der Waals surface area contributed by atoms with Crippen LogP contribution in [-0.4, -0.2) is 34.2 Å². The zero-order valence-electron chi connectivity index (χ0n) is 17.4. The summed E-state index contributed by atoms with van der Waals surface area (Å²) in [6.45, 7) is 8.42. The Morgan fingerprint density at radius 3 is 2.48 bits per heavy atom. The van der Waals surface area contributed by atoms with Crippen molar-refractivity contribution in [3.63, 3.8) is 0 Å². The molecule has 2 atom stereocenters. The van der Waals surface area contributed by atoms with E-state index in [1.165, 1.54) is 6.08 Å². The Labute approximate surface area is 194 Å². The van der Waals surface area contributed by atoms with Crippen LogP contribution in [0.4, 0.5) is 0 Å². The Kier molecular flexibility index (Phi) is 8.24. The van der Waals surface area contributed by atoms with Gasteiger partial charge < -0.3 is 14.6 Å². The summed E-state index contributed by atoms with van der Waals surface area (Å²) in [6.07, 6.45) is 0.848. The van der Waals surface area contributed by atoms with E-state index in [1.54, 1.807) is 44.4 Å². The van der Waals surface area contributed by atoms with Gasteiger partial charge in [-0.05, 0) is 32.9 Å². The molecule has 0 fully saturated rings. The number of nitrogens with two attached hydrogens (primary N) is 1. The lowest BCUT2D eigenvalue weighted by Crippen LogP contribution is -2.49. The van der Waals surface area contributed by atoms with E-state index in [0.717, 1.165) is 11.3 Å². The third kappa shape index (κ3) is 6.51. The molecule has 0 bridgehead atoms. The molecule has 168 valence electrons. The first-order valence-corrected chi connectivity index (χ1v) is 10.9. The summed E-state index contributed by atoms with van der Waals surface area (Å²) in [5.41, 5.74) is 3.87. The molecule has 0 saturated carbocycles. The minimum Gasteiger partial charge on any atom is -0.461 e. The van der Waals surface area contributed by atoms with Gasteiger partial charge in [-0.15, -0.1) is 11.3 Å². The number of carbonyl (C=O) groups is 2. The molecule has 0 aliphatic heterocycles. The Morgan fingerprint density at radius 1 is 1.32 bits per heavy atom. The zero-order chi connectivity index (χ0) is 23.4. The van der Waals surface area contributed by atoms with E-state index < -0.39 is 35.6 Å². The monoisotopic (exact) mass is 486 g/mol. The lowest BCUT2D eigenvalue weighted by molar-refractivity contribution is -0.170. The van der Waals surface area contributed by atoms with Crippen LogP contribution < -0.4 is 5.73 Å². The number of thiazole rings is 1. The largest absolute Gasteiger partial charge is 0.461 e. The highest BCUT2D eigenvalue weighted by atomic mass is 35.5. The Bertz CT molecular complexity index is 949. The summed E-state index contributed by atoms with van der Waals surface area (Å²) in [6, 6.07) is 4.98. The van der Waals surface area contributed by atoms with Crippen molar-refractivity contribution in [3.05, 3.63) is 51.3 Å². The van der Waals surface area contributed by atoms with Crippen molar-refractivity contribution in [2.24, 2.45) is 11.7 Å². The molecule has 2 aromatic rings. The molecule has 3 N–H and O–H groups in total. The van der Waals surface area contributed by atoms with Crippen LogP contribution in [0.25, 0.3) is 11.3 Å². The van der Waals surface area contributed by atoms with E-state index in [1.807, 2.05) is 0 Å². The van der Waals surface area contributed by atoms with E-state index in [9.17, 15) is 14.7 Å². The number of hydrogen-bond acceptors (Lipinski definition) is 8. The number of aromatic nitrogens is 1. The van der Waals surface area contributed by atoms with Gasteiger partial charge >= 0.3 is 11.9 Å². The summed E-state index contributed by atoms with van der Waals surface area (Å²) in [4.78, 5) is 29.3. The van der Waals surface area contributed by atoms with Gasteiger partial charge in [-0.25, -0.2) is 4.98 Å². The molecule has 0 aliphatic rings. The summed E-state index contributed by atoms with van der Waals surface area (Å²) >= 11 is 13.5. The topological polar surface area (TPSA) is 112 Å². The smallest absolute Gasteiger partial charge is 0.314 e. The quantitative estimate of drug-likeness (QED) is 0.324. The number of nitrogens with zero attached hydrogens (tertiary/aromatic N) is 1. The summed E-state index contributed by atoms with van der Waals surface area (Å²) in [5, 5.41) is 13.4. The number of esters is 2. The maximum absolute atomic E-state index is 12.6. The van der Waals surface area contributed by atoms with Crippen LogP contribution in [-0.2, 0) is 24.8 Å². The van der Waals surface area contributed by atoms with Crippen molar-refractivity contribution in [2.75, 3.05) is 6.61 Å². The second kappa shape index (κ2) is 10.1. The van der Waals surface area contributed by atoms with Gasteiger partial charge in [0.2, 0.25) is 0 Å². The molecule has 0 aliphatic carbocycles. The molecule has 2 unspecified atom stereocenters. The Hall–Kier alpha value is -1.97. The number of hydrogen-bond donors (Lipinski definition) is 2. The van der Waals surface area contributed by atoms with E-state index in [4.69, 9.17) is 38.4 Å². The normalized spacial score (nSPS) is 14.4. The number of ether oxygens (including phenoxy) is 2. The SMILES string of the molecule is C=CCOC(=O)C(CC(=O)OC(C)(C)C)C(N)(O)c1nc(-c2c(Cl)cccc2Cl)cs1. The molecule has 7 nitrogen and oxygen atoms in total. The number of benzene rings is 1. The molecule has 1 heterocycles. The molecule has 31 heavy (non-hydrogen) atoms. The highest BCUT2D eigenvalue weighted by Crippen LogP contribution is 2.38. The average Bonchev–Trinajstić information content (AvgIpc) is 3.13. The first kappa shape index (κ1) is 25.3. The van der Waals surface area contributed by atoms with Crippen LogP contribution in [0, 0.1) is 5.92 Å². The fraction of sp³-hybridized carbons (Fsp3) is 0.381. The third-order valence-corrected chi connectivity index (χ3v) is 5.63. The van der Waals surface area contributed by atoms with Gasteiger partial charge in [-0.3, -0.25) is 15.3 Å². The molecule has 2 rings (SSSR count). The molecule has 1 aromatic heterocycles. The maximum atomic E-state index is 12.6. The number of aliphatic hydroxyl groups is 1. The molecule has 0 saturated heterocycles. The summed E-state index contributed by atoms with van der Waals surface area (Å²) in [7, 11) is 0. The van der Waals surface area contributed by atoms with Crippen molar-refractivity contribution in [1.29, 1.82) is 0 Å². The molecule has 0 amide bonds. The Balaban J connectivity index is 2.40. The van der Waals surface area contributed by atoms with Crippen LogP contribution in [0.15, 0.2) is 36.2 Å². The third-order valence-electron chi connectivity index (χ3n) is 4.02. The lowest BCUT2D eigenvalue weighted by Gasteiger charge is -2.29. The van der Waals surface area contributed by atoms with Gasteiger partial charge in [0.05, 0.1) is 22.2 Å². The van der Waals surface area contributed by atoms with Gasteiger partial charge in [0.25, 0.3) is 0 Å². The van der Waals surface area contributed by atoms with E-state index in [0.29, 0.717) is 21.3 Å². The average molecular weight is 487 g/mol. The number of halogens is 2. The van der Waals surface area contributed by atoms with Gasteiger partial charge in [-0.1, -0.05) is 41.9 Å². The standard InChI is InChI=1S/C21H24Cl2N2O5S/c1-5-9-29-18(27)12(10-16(26)30-20(2,3)4)21(24,28)19-25-15(11-31-19)17-13(22)7-6-8-14(17)23/h5-8,11-12,28H,1,9-10,24H2,2-4H3. The van der Waals surface area contributed by atoms with Crippen molar-refractivity contribution in [1.82, 2.24) is 4.98 Å². The fourth-order valence-electron chi connectivity index (χ4n) is 2.67. The van der Waals surface area contributed by atoms with Crippen LogP contribution in [0.5, 0.6) is 0 Å². The second-order valence-corrected chi connectivity index (χ2v) is 9.39. The first-order chi connectivity index (χ1) is 14.4. The minimum absolute atomic E-state index is 0.0115. The molecular formula is C21H24Cl2N2O5S. The van der Waals surface area contributed by atoms with Gasteiger partial charge in [-0.2, -0.15) is 0 Å². The zero-order valence-corrected chi connectivity index (χ0v) is 19.7. The van der Waals surface area contributed by atoms with Crippen molar-refractivity contribution in [2.45, 2.75) is 38.5 Å². The number of carbonyl (C=O) groups excluding carboxylic acids is 2. The molecule has 0 radical (unpaired) electrons. The Morgan fingerprint density at radius 2 is 1.94 bits per heavy atom. The lowest BCUT2D eigenvalue weighted by atomic mass is 9.93. The highest BCUT2D eigenvalue weighted by molar-refractivity contribution is 7.10. The van der Waals surface area contributed by atoms with Crippen molar-refractivity contribution < 1.29 is 24.2 Å². The predicted molar refractivity (Wildman–Crippen MR) is 121 cm³/mol. The van der Waals surface area contributed by atoms with E-state index >= 15 is 0 Å². The predicted octanol–water partition coefficient (Wildman–Crippen LogP) is 4.30. The van der Waals surface area contributed by atoms with Gasteiger partial charge in [0.1, 0.15) is 23.1 Å². The number of rotatable bonds is 8. The van der Waals surface area contributed by atoms with Crippen LogP contribution in [0.3, 0.4) is 0 Å². The maximum Gasteiger partial charge on any atom is 0.314 e. The van der Waals surface area contributed by atoms with E-state index in [2.05, 4.69) is 11.6 Å². The van der Waals surface area contributed by atoms with E-state index in [-0.39, 0.29) is 11.6 Å². The minimum atomic E-state index is -2.31. The molecule has 10 heteroatoms. The fourth-order valence-corrected chi connectivity index (χ4v) is 4.14.